The minimum atomic E-state index is -1.82. The fourth-order valence-corrected chi connectivity index (χ4v) is 16.9. The summed E-state index contributed by atoms with van der Waals surface area (Å²) in [6.45, 7) is 24.0. The van der Waals surface area contributed by atoms with Crippen LogP contribution in [0.5, 0.6) is 34.5 Å². The van der Waals surface area contributed by atoms with E-state index in [1.165, 1.54) is 18.1 Å². The van der Waals surface area contributed by atoms with Gasteiger partial charge in [0.15, 0.2) is 34.5 Å². The summed E-state index contributed by atoms with van der Waals surface area (Å²) in [7, 11) is 1.68. The van der Waals surface area contributed by atoms with Crippen molar-refractivity contribution in [1.82, 2.24) is 0 Å². The monoisotopic (exact) mass is 925 g/mol. The molecule has 65 heavy (non-hydrogen) atoms. The van der Waals surface area contributed by atoms with Gasteiger partial charge in [-0.15, -0.1) is 17.5 Å². The van der Waals surface area contributed by atoms with Crippen molar-refractivity contribution in [2.45, 2.75) is 116 Å². The molecule has 9 nitrogen and oxygen atoms in total. The standard InChI is InChI=1S/C54H76O9Si2/c1-14-20-58-23-26-61-52-37-46-31-44-35-50(56-12)53(62-27-24-59-21-18-29-64(15-2,16-3)17-4)38-47(44)33-45-36-51(57-13)54(39-48(45)32-43(46)34-49(52)55-11)63-28-25-60-22-19-30-65(40(5)6,41(7)8)42(9)10/h1,34-42H,15-17,20-28,31-33H2,2-13H3. The molecule has 0 saturated heterocycles. The van der Waals surface area contributed by atoms with Crippen molar-refractivity contribution in [1.29, 1.82) is 0 Å². The van der Waals surface area contributed by atoms with E-state index in [2.05, 4.69) is 128 Å². The average molecular weight is 925 g/mol. The molecular weight excluding hydrogens is 849 g/mol. The van der Waals surface area contributed by atoms with Gasteiger partial charge in [-0.1, -0.05) is 80.1 Å². The quantitative estimate of drug-likeness (QED) is 0.0388. The summed E-state index contributed by atoms with van der Waals surface area (Å²) in [6, 6.07) is 16.0. The lowest BCUT2D eigenvalue weighted by Gasteiger charge is -2.38. The molecule has 3 aromatic rings. The molecule has 0 fully saturated rings. The smallest absolute Gasteiger partial charge is 0.161 e. The van der Waals surface area contributed by atoms with Crippen LogP contribution in [-0.4, -0.2) is 96.9 Å². The first kappa shape index (κ1) is 53.1. The second-order valence-electron chi connectivity index (χ2n) is 17.6. The minimum absolute atomic E-state index is 0.227. The zero-order valence-corrected chi connectivity index (χ0v) is 43.6. The van der Waals surface area contributed by atoms with Crippen molar-refractivity contribution >= 4 is 16.1 Å². The van der Waals surface area contributed by atoms with Gasteiger partial charge in [0.05, 0.1) is 41.2 Å². The van der Waals surface area contributed by atoms with Gasteiger partial charge in [-0.3, -0.25) is 0 Å². The van der Waals surface area contributed by atoms with Gasteiger partial charge in [-0.05, 0) is 124 Å². The molecule has 4 rings (SSSR count). The SMILES string of the molecule is C#CCOCCOc1cc2c(cc1OC)Cc1cc(OCCOCC#C[Si](C(C)C)(C(C)C)C(C)C)c(OC)cc1Cc1cc(OCCOCC#C[Si](CC)(CC)CC)c(OC)cc1C2. The van der Waals surface area contributed by atoms with Crippen molar-refractivity contribution in [3.05, 3.63) is 69.8 Å². The highest BCUT2D eigenvalue weighted by Crippen LogP contribution is 2.42. The summed E-state index contributed by atoms with van der Waals surface area (Å²) in [4.78, 5) is 0. The molecule has 0 unspecified atom stereocenters. The summed E-state index contributed by atoms with van der Waals surface area (Å²) in [6.07, 6.45) is 7.25. The molecule has 0 aromatic heterocycles. The summed E-state index contributed by atoms with van der Waals surface area (Å²) in [5.41, 5.74) is 15.7. The van der Waals surface area contributed by atoms with E-state index in [1.54, 1.807) is 21.3 Å². The third kappa shape index (κ3) is 14.2. The maximum Gasteiger partial charge on any atom is 0.161 e. The van der Waals surface area contributed by atoms with Crippen molar-refractivity contribution in [2.75, 3.05) is 80.8 Å². The number of methoxy groups -OCH3 is 3. The number of rotatable bonds is 24. The van der Waals surface area contributed by atoms with Gasteiger partial charge in [0.25, 0.3) is 0 Å². The van der Waals surface area contributed by atoms with Crippen LogP contribution in [-0.2, 0) is 33.5 Å². The van der Waals surface area contributed by atoms with Crippen LogP contribution in [0.3, 0.4) is 0 Å². The molecule has 1 aliphatic rings. The zero-order valence-electron chi connectivity index (χ0n) is 41.6. The number of fused-ring (bicyclic) bond motifs is 3. The molecule has 3 aromatic carbocycles. The number of benzene rings is 3. The van der Waals surface area contributed by atoms with Crippen molar-refractivity contribution < 1.29 is 42.6 Å². The van der Waals surface area contributed by atoms with E-state index in [4.69, 9.17) is 49.1 Å². The highest BCUT2D eigenvalue weighted by atomic mass is 28.3. The van der Waals surface area contributed by atoms with Crippen LogP contribution in [0.25, 0.3) is 0 Å². The van der Waals surface area contributed by atoms with E-state index in [-0.39, 0.29) is 6.61 Å². The van der Waals surface area contributed by atoms with Gasteiger partial charge in [0, 0.05) is 0 Å². The number of hydrogen-bond acceptors (Lipinski definition) is 9. The maximum atomic E-state index is 6.40. The third-order valence-electron chi connectivity index (χ3n) is 13.1. The Balaban J connectivity index is 1.64. The summed E-state index contributed by atoms with van der Waals surface area (Å²) in [5.74, 6) is 13.1. The Bertz CT molecular complexity index is 2120. The molecule has 0 aliphatic heterocycles. The van der Waals surface area contributed by atoms with E-state index < -0.39 is 16.1 Å². The molecule has 0 bridgehead atoms. The van der Waals surface area contributed by atoms with Crippen LogP contribution in [0.4, 0.5) is 0 Å². The summed E-state index contributed by atoms with van der Waals surface area (Å²) >= 11 is 0. The van der Waals surface area contributed by atoms with Gasteiger partial charge in [-0.25, -0.2) is 0 Å². The van der Waals surface area contributed by atoms with Gasteiger partial charge < -0.3 is 42.6 Å². The van der Waals surface area contributed by atoms with Crippen molar-refractivity contribution in [2.24, 2.45) is 0 Å². The summed E-state index contributed by atoms with van der Waals surface area (Å²) in [5, 5.41) is 0. The lowest BCUT2D eigenvalue weighted by atomic mass is 9.94. The Morgan fingerprint density at radius 3 is 1.06 bits per heavy atom. The Hall–Kier alpha value is -4.55. The Kier molecular flexibility index (Phi) is 21.7. The van der Waals surface area contributed by atoms with Crippen LogP contribution < -0.4 is 28.4 Å². The van der Waals surface area contributed by atoms with Gasteiger partial charge in [0.2, 0.25) is 0 Å². The minimum Gasteiger partial charge on any atom is -0.493 e. The number of ether oxygens (including phenoxy) is 9. The Morgan fingerprint density at radius 2 is 0.769 bits per heavy atom. The van der Waals surface area contributed by atoms with Crippen LogP contribution in [0.1, 0.15) is 95.7 Å². The van der Waals surface area contributed by atoms with Gasteiger partial charge >= 0.3 is 0 Å². The predicted molar refractivity (Wildman–Crippen MR) is 269 cm³/mol. The molecular formula is C54H76O9Si2. The zero-order chi connectivity index (χ0) is 47.4. The molecule has 0 heterocycles. The highest BCUT2D eigenvalue weighted by Gasteiger charge is 2.41. The van der Waals surface area contributed by atoms with Crippen molar-refractivity contribution in [3.8, 4) is 69.8 Å². The molecule has 0 atom stereocenters. The average Bonchev–Trinajstić information content (AvgIpc) is 3.35. The first-order valence-electron chi connectivity index (χ1n) is 23.5. The van der Waals surface area contributed by atoms with Crippen LogP contribution in [0.2, 0.25) is 34.8 Å². The molecule has 0 spiro atoms. The van der Waals surface area contributed by atoms with E-state index in [0.29, 0.717) is 123 Å². The Labute approximate surface area is 393 Å². The first-order valence-corrected chi connectivity index (χ1v) is 28.3. The number of terminal acetylenes is 1. The second kappa shape index (κ2) is 26.6. The van der Waals surface area contributed by atoms with Crippen LogP contribution >= 0.6 is 0 Å². The molecule has 354 valence electrons. The fourth-order valence-electron chi connectivity index (χ4n) is 9.22. The first-order chi connectivity index (χ1) is 31.3. The van der Waals surface area contributed by atoms with Crippen LogP contribution in [0, 0.1) is 35.3 Å². The molecule has 0 amide bonds. The van der Waals surface area contributed by atoms with E-state index in [9.17, 15) is 0 Å². The maximum absolute atomic E-state index is 6.40. The molecule has 1 aliphatic carbocycles. The van der Waals surface area contributed by atoms with Gasteiger partial charge in [-0.2, -0.15) is 0 Å². The fraction of sp³-hybridized carbons (Fsp3) is 0.556. The lowest BCUT2D eigenvalue weighted by Crippen LogP contribution is -2.43. The molecule has 0 saturated carbocycles. The summed E-state index contributed by atoms with van der Waals surface area (Å²) < 4.78 is 54.2. The third-order valence-corrected chi connectivity index (χ3v) is 24.3. The Morgan fingerprint density at radius 1 is 0.462 bits per heavy atom. The van der Waals surface area contributed by atoms with E-state index >= 15 is 0 Å². The number of hydrogen-bond donors (Lipinski definition) is 0. The van der Waals surface area contributed by atoms with E-state index in [0.717, 1.165) is 33.4 Å². The molecule has 0 N–H and O–H groups in total. The lowest BCUT2D eigenvalue weighted by molar-refractivity contribution is 0.123. The second-order valence-corrected chi connectivity index (χ2v) is 28.1. The van der Waals surface area contributed by atoms with Crippen molar-refractivity contribution in [3.63, 3.8) is 0 Å². The molecule has 11 heteroatoms. The van der Waals surface area contributed by atoms with Crippen LogP contribution in [0.15, 0.2) is 36.4 Å². The normalized spacial score (nSPS) is 12.3. The van der Waals surface area contributed by atoms with Gasteiger partial charge in [0.1, 0.15) is 55.8 Å². The highest BCUT2D eigenvalue weighted by molar-refractivity contribution is 6.90. The van der Waals surface area contributed by atoms with E-state index in [1.807, 2.05) is 0 Å². The molecule has 0 radical (unpaired) electrons. The topological polar surface area (TPSA) is 83.1 Å². The largest absolute Gasteiger partial charge is 0.493 e. The predicted octanol–water partition coefficient (Wildman–Crippen LogP) is 10.9.